The van der Waals surface area contributed by atoms with Gasteiger partial charge in [0.05, 0.1) is 17.7 Å². The SMILES string of the molecule is CC1(C)OC(=O)c2ccc(-c3ccc(CC(C#N)NC(=O)C4NC5CCC4C5)c(F)c3)cc21. The van der Waals surface area contributed by atoms with E-state index < -0.39 is 17.5 Å². The van der Waals surface area contributed by atoms with Crippen LogP contribution in [0.2, 0.25) is 0 Å². The topological polar surface area (TPSA) is 91.2 Å². The van der Waals surface area contributed by atoms with Crippen molar-refractivity contribution in [3.05, 3.63) is 58.9 Å². The second-order valence-corrected chi connectivity index (χ2v) is 9.78. The zero-order valence-corrected chi connectivity index (χ0v) is 18.7. The first kappa shape index (κ1) is 21.6. The summed E-state index contributed by atoms with van der Waals surface area (Å²) in [5.74, 6) is -0.646. The molecule has 33 heavy (non-hydrogen) atoms. The Hall–Kier alpha value is -3.24. The number of benzene rings is 2. The van der Waals surface area contributed by atoms with Crippen LogP contribution in [0.4, 0.5) is 4.39 Å². The molecule has 0 aromatic heterocycles. The van der Waals surface area contributed by atoms with Crippen molar-refractivity contribution in [2.24, 2.45) is 5.92 Å². The quantitative estimate of drug-likeness (QED) is 0.684. The third kappa shape index (κ3) is 3.89. The minimum atomic E-state index is -0.803. The van der Waals surface area contributed by atoms with Gasteiger partial charge in [0.25, 0.3) is 0 Å². The van der Waals surface area contributed by atoms with Crippen molar-refractivity contribution >= 4 is 11.9 Å². The molecule has 4 atom stereocenters. The minimum Gasteiger partial charge on any atom is -0.451 e. The summed E-state index contributed by atoms with van der Waals surface area (Å²) in [5, 5.41) is 15.7. The molecule has 170 valence electrons. The van der Waals surface area contributed by atoms with Gasteiger partial charge in [-0.05, 0) is 73.9 Å². The number of carbonyl (C=O) groups excluding carboxylic acids is 2. The van der Waals surface area contributed by atoms with Gasteiger partial charge in [-0.2, -0.15) is 5.26 Å². The number of amides is 1. The summed E-state index contributed by atoms with van der Waals surface area (Å²) in [5.41, 5.74) is 2.38. The molecule has 2 fully saturated rings. The largest absolute Gasteiger partial charge is 0.451 e. The van der Waals surface area contributed by atoms with Crippen LogP contribution in [0.1, 0.15) is 54.6 Å². The second kappa shape index (κ2) is 7.96. The first-order valence-corrected chi connectivity index (χ1v) is 11.4. The van der Waals surface area contributed by atoms with Crippen molar-refractivity contribution in [1.82, 2.24) is 10.6 Å². The Balaban J connectivity index is 1.30. The summed E-state index contributed by atoms with van der Waals surface area (Å²) >= 11 is 0. The fraction of sp³-hybridized carbons (Fsp3) is 0.423. The Labute approximate surface area is 192 Å². The maximum atomic E-state index is 15.0. The predicted molar refractivity (Wildman–Crippen MR) is 120 cm³/mol. The van der Waals surface area contributed by atoms with E-state index in [1.165, 1.54) is 6.07 Å². The molecule has 2 N–H and O–H groups in total. The van der Waals surface area contributed by atoms with E-state index in [1.54, 1.807) is 24.3 Å². The van der Waals surface area contributed by atoms with E-state index >= 15 is 0 Å². The lowest BCUT2D eigenvalue weighted by Crippen LogP contribution is -2.50. The Kier molecular flexibility index (Phi) is 5.21. The van der Waals surface area contributed by atoms with Crippen LogP contribution >= 0.6 is 0 Å². The number of esters is 1. The lowest BCUT2D eigenvalue weighted by molar-refractivity contribution is -0.124. The molecular weight excluding hydrogens is 421 g/mol. The van der Waals surface area contributed by atoms with Crippen LogP contribution in [0.5, 0.6) is 0 Å². The lowest BCUT2D eigenvalue weighted by Gasteiger charge is -2.23. The molecule has 2 aromatic rings. The highest BCUT2D eigenvalue weighted by molar-refractivity contribution is 5.95. The predicted octanol–water partition coefficient (Wildman–Crippen LogP) is 3.59. The van der Waals surface area contributed by atoms with Gasteiger partial charge >= 0.3 is 5.97 Å². The van der Waals surface area contributed by atoms with E-state index in [0.29, 0.717) is 28.7 Å². The Morgan fingerprint density at radius 3 is 2.70 bits per heavy atom. The summed E-state index contributed by atoms with van der Waals surface area (Å²) in [6, 6.07) is 11.6. The van der Waals surface area contributed by atoms with Crippen molar-refractivity contribution in [3.63, 3.8) is 0 Å². The van der Waals surface area contributed by atoms with Gasteiger partial charge in [-0.25, -0.2) is 9.18 Å². The molecular formula is C26H26FN3O3. The van der Waals surface area contributed by atoms with E-state index in [2.05, 4.69) is 16.7 Å². The van der Waals surface area contributed by atoms with Gasteiger partial charge in [0.1, 0.15) is 17.5 Å². The number of hydrogen-bond acceptors (Lipinski definition) is 5. The van der Waals surface area contributed by atoms with Gasteiger partial charge < -0.3 is 15.4 Å². The monoisotopic (exact) mass is 447 g/mol. The van der Waals surface area contributed by atoms with E-state index in [-0.39, 0.29) is 24.3 Å². The maximum absolute atomic E-state index is 15.0. The molecule has 4 unspecified atom stereocenters. The molecule has 2 heterocycles. The van der Waals surface area contributed by atoms with Crippen molar-refractivity contribution in [3.8, 4) is 17.2 Å². The standard InChI is InChI=1S/C26H26FN3O3/c1-26(2)21-11-14(6-8-20(21)25(32)33-26)15-3-4-16(22(27)12-15)9-19(13-28)30-24(31)23-17-5-7-18(10-17)29-23/h3-4,6,8,11-12,17-19,23,29H,5,7,9-10H2,1-2H3,(H,30,31). The number of nitriles is 1. The molecule has 0 radical (unpaired) electrons. The summed E-state index contributed by atoms with van der Waals surface area (Å²) in [4.78, 5) is 24.6. The van der Waals surface area contributed by atoms with Crippen molar-refractivity contribution < 1.29 is 18.7 Å². The zero-order valence-electron chi connectivity index (χ0n) is 18.7. The number of piperidine rings is 1. The van der Waals surface area contributed by atoms with Crippen LogP contribution in [-0.2, 0) is 21.6 Å². The van der Waals surface area contributed by atoms with Crippen LogP contribution in [-0.4, -0.2) is 30.0 Å². The first-order valence-electron chi connectivity index (χ1n) is 11.4. The Morgan fingerprint density at radius 2 is 2.03 bits per heavy atom. The fourth-order valence-corrected chi connectivity index (χ4v) is 5.39. The molecule has 0 spiro atoms. The summed E-state index contributed by atoms with van der Waals surface area (Å²) < 4.78 is 20.4. The van der Waals surface area contributed by atoms with Gasteiger partial charge in [-0.15, -0.1) is 0 Å². The molecule has 2 bridgehead atoms. The number of fused-ring (bicyclic) bond motifs is 3. The van der Waals surface area contributed by atoms with Gasteiger partial charge in [0, 0.05) is 18.0 Å². The highest BCUT2D eigenvalue weighted by atomic mass is 19.1. The van der Waals surface area contributed by atoms with Crippen LogP contribution in [0.15, 0.2) is 36.4 Å². The zero-order chi connectivity index (χ0) is 23.3. The average Bonchev–Trinajstić information content (AvgIpc) is 3.48. The van der Waals surface area contributed by atoms with Gasteiger partial charge in [-0.1, -0.05) is 18.2 Å². The summed E-state index contributed by atoms with van der Waals surface area (Å²) in [7, 11) is 0. The average molecular weight is 448 g/mol. The Morgan fingerprint density at radius 1 is 1.27 bits per heavy atom. The number of rotatable bonds is 5. The van der Waals surface area contributed by atoms with Gasteiger partial charge in [-0.3, -0.25) is 4.79 Å². The van der Waals surface area contributed by atoms with Crippen LogP contribution in [0.25, 0.3) is 11.1 Å². The smallest absolute Gasteiger partial charge is 0.339 e. The molecule has 5 rings (SSSR count). The number of halogens is 1. The Bertz CT molecular complexity index is 1190. The highest BCUT2D eigenvalue weighted by Gasteiger charge is 2.43. The van der Waals surface area contributed by atoms with Crippen molar-refractivity contribution in [2.45, 2.75) is 63.3 Å². The van der Waals surface area contributed by atoms with E-state index in [9.17, 15) is 19.2 Å². The maximum Gasteiger partial charge on any atom is 0.339 e. The summed E-state index contributed by atoms with van der Waals surface area (Å²) in [6.07, 6.45) is 3.22. The third-order valence-corrected chi connectivity index (χ3v) is 7.16. The molecule has 1 saturated carbocycles. The first-order chi connectivity index (χ1) is 15.7. The number of cyclic esters (lactones) is 1. The van der Waals surface area contributed by atoms with E-state index in [1.807, 2.05) is 19.9 Å². The van der Waals surface area contributed by atoms with E-state index in [4.69, 9.17) is 4.74 Å². The van der Waals surface area contributed by atoms with E-state index in [0.717, 1.165) is 30.4 Å². The van der Waals surface area contributed by atoms with Gasteiger partial charge in [0.15, 0.2) is 0 Å². The molecule has 1 amide bonds. The fourth-order valence-electron chi connectivity index (χ4n) is 5.39. The number of carbonyl (C=O) groups is 2. The number of nitrogens with one attached hydrogen (secondary N) is 2. The summed E-state index contributed by atoms with van der Waals surface area (Å²) in [6.45, 7) is 3.65. The van der Waals surface area contributed by atoms with Crippen molar-refractivity contribution in [2.75, 3.05) is 0 Å². The molecule has 6 nitrogen and oxygen atoms in total. The van der Waals surface area contributed by atoms with Crippen molar-refractivity contribution in [1.29, 1.82) is 5.26 Å². The molecule has 1 aliphatic carbocycles. The van der Waals surface area contributed by atoms with Crippen LogP contribution < -0.4 is 10.6 Å². The normalized spacial score (nSPS) is 25.3. The molecule has 2 aromatic carbocycles. The molecule has 1 saturated heterocycles. The van der Waals surface area contributed by atoms with Crippen LogP contribution in [0, 0.1) is 23.1 Å². The highest BCUT2D eigenvalue weighted by Crippen LogP contribution is 2.38. The second-order valence-electron chi connectivity index (χ2n) is 9.78. The molecule has 2 aliphatic heterocycles. The van der Waals surface area contributed by atoms with Gasteiger partial charge in [0.2, 0.25) is 5.91 Å². The minimum absolute atomic E-state index is 0.0920. The van der Waals surface area contributed by atoms with Crippen LogP contribution in [0.3, 0.4) is 0 Å². The third-order valence-electron chi connectivity index (χ3n) is 7.16. The number of nitrogens with zero attached hydrogens (tertiary/aromatic N) is 1. The number of ether oxygens (including phenoxy) is 1. The lowest BCUT2D eigenvalue weighted by atomic mass is 9.91. The number of hydrogen-bond donors (Lipinski definition) is 2. The molecule has 3 aliphatic rings. The molecule has 7 heteroatoms.